The number of ether oxygens (including phenoxy) is 1. The Morgan fingerprint density at radius 1 is 1.36 bits per heavy atom. The van der Waals surface area contributed by atoms with E-state index in [0.29, 0.717) is 41.8 Å². The van der Waals surface area contributed by atoms with Gasteiger partial charge in [-0.1, -0.05) is 23.2 Å². The van der Waals surface area contributed by atoms with Crippen molar-refractivity contribution in [3.8, 4) is 0 Å². The third-order valence-electron chi connectivity index (χ3n) is 4.58. The number of rotatable bonds is 2. The average molecular weight is 344 g/mol. The molecule has 22 heavy (non-hydrogen) atoms. The topological polar surface area (TPSA) is 66.8 Å². The molecular formula is C15H15Cl2NO4. The van der Waals surface area contributed by atoms with Gasteiger partial charge in [0.1, 0.15) is 0 Å². The molecule has 1 N–H and O–H groups in total. The molecule has 0 aromatic heterocycles. The summed E-state index contributed by atoms with van der Waals surface area (Å²) in [5, 5.41) is 10.4. The molecule has 0 bridgehead atoms. The van der Waals surface area contributed by atoms with Gasteiger partial charge in [-0.15, -0.1) is 0 Å². The Hall–Kier alpha value is -1.30. The summed E-state index contributed by atoms with van der Waals surface area (Å²) in [6.45, 7) is 1.30. The van der Waals surface area contributed by atoms with Gasteiger partial charge < -0.3 is 14.7 Å². The van der Waals surface area contributed by atoms with Gasteiger partial charge in [-0.2, -0.15) is 0 Å². The Balaban J connectivity index is 1.89. The number of amides is 1. The number of fused-ring (bicyclic) bond motifs is 1. The standard InChI is InChI=1S/C15H15Cl2NO4/c16-10-1-2-12(17)11(5-10)13(19)18-6-9-7-22-4-3-15(9,8-18)14(20)21/h1-2,5,9H,3-4,6-8H2,(H,20,21)/t9-,15+/m0/s1. The van der Waals surface area contributed by atoms with Gasteiger partial charge in [0.05, 0.1) is 22.6 Å². The van der Waals surface area contributed by atoms with Crippen LogP contribution in [0.1, 0.15) is 16.8 Å². The van der Waals surface area contributed by atoms with Crippen LogP contribution in [0, 0.1) is 11.3 Å². The highest BCUT2D eigenvalue weighted by molar-refractivity contribution is 6.35. The Morgan fingerprint density at radius 3 is 2.82 bits per heavy atom. The molecule has 2 heterocycles. The highest BCUT2D eigenvalue weighted by Crippen LogP contribution is 2.43. The zero-order chi connectivity index (χ0) is 15.9. The monoisotopic (exact) mass is 343 g/mol. The molecule has 118 valence electrons. The number of carboxylic acid groups (broad SMARTS) is 1. The van der Waals surface area contributed by atoms with E-state index in [0.717, 1.165) is 0 Å². The summed E-state index contributed by atoms with van der Waals surface area (Å²) in [4.78, 5) is 26.0. The van der Waals surface area contributed by atoms with E-state index in [1.54, 1.807) is 17.0 Å². The maximum atomic E-state index is 12.7. The van der Waals surface area contributed by atoms with E-state index in [1.165, 1.54) is 6.07 Å². The average Bonchev–Trinajstić information content (AvgIpc) is 2.90. The van der Waals surface area contributed by atoms with Crippen molar-refractivity contribution in [2.75, 3.05) is 26.3 Å². The van der Waals surface area contributed by atoms with Crippen LogP contribution in [0.15, 0.2) is 18.2 Å². The minimum absolute atomic E-state index is 0.179. The number of carbonyl (C=O) groups excluding carboxylic acids is 1. The molecule has 5 nitrogen and oxygen atoms in total. The van der Waals surface area contributed by atoms with Gasteiger partial charge in [0.15, 0.2) is 0 Å². The summed E-state index contributed by atoms with van der Waals surface area (Å²) in [6, 6.07) is 4.69. The Bertz CT molecular complexity index is 636. The molecule has 2 aliphatic rings. The molecule has 2 atom stereocenters. The van der Waals surface area contributed by atoms with E-state index < -0.39 is 11.4 Å². The number of benzene rings is 1. The number of likely N-dealkylation sites (tertiary alicyclic amines) is 1. The molecule has 0 spiro atoms. The first-order valence-corrected chi connectivity index (χ1v) is 7.75. The fraction of sp³-hybridized carbons (Fsp3) is 0.467. The zero-order valence-corrected chi connectivity index (χ0v) is 13.2. The summed E-state index contributed by atoms with van der Waals surface area (Å²) >= 11 is 12.0. The van der Waals surface area contributed by atoms with Gasteiger partial charge >= 0.3 is 5.97 Å². The largest absolute Gasteiger partial charge is 0.481 e. The summed E-state index contributed by atoms with van der Waals surface area (Å²) in [5.74, 6) is -1.35. The van der Waals surface area contributed by atoms with Gasteiger partial charge in [0.25, 0.3) is 5.91 Å². The quantitative estimate of drug-likeness (QED) is 0.895. The second-order valence-electron chi connectivity index (χ2n) is 5.79. The lowest BCUT2D eigenvalue weighted by molar-refractivity contribution is -0.157. The number of hydrogen-bond donors (Lipinski definition) is 1. The minimum atomic E-state index is -0.918. The number of carboxylic acids is 1. The van der Waals surface area contributed by atoms with Crippen LogP contribution in [-0.2, 0) is 9.53 Å². The first-order valence-electron chi connectivity index (χ1n) is 6.99. The predicted molar refractivity (Wildman–Crippen MR) is 81.4 cm³/mol. The lowest BCUT2D eigenvalue weighted by atomic mass is 9.74. The van der Waals surface area contributed by atoms with Crippen LogP contribution in [0.25, 0.3) is 0 Å². The summed E-state index contributed by atoms with van der Waals surface area (Å²) in [7, 11) is 0. The highest BCUT2D eigenvalue weighted by Gasteiger charge is 2.55. The normalized spacial score (nSPS) is 27.5. The van der Waals surface area contributed by atoms with Crippen molar-refractivity contribution in [1.82, 2.24) is 4.90 Å². The highest BCUT2D eigenvalue weighted by atomic mass is 35.5. The van der Waals surface area contributed by atoms with Crippen molar-refractivity contribution in [1.29, 1.82) is 0 Å². The van der Waals surface area contributed by atoms with Crippen LogP contribution in [0.4, 0.5) is 0 Å². The second-order valence-corrected chi connectivity index (χ2v) is 6.64. The third kappa shape index (κ3) is 2.47. The Labute approximate surface area is 137 Å². The van der Waals surface area contributed by atoms with Crippen LogP contribution >= 0.6 is 23.2 Å². The molecular weight excluding hydrogens is 329 g/mol. The maximum absolute atomic E-state index is 12.7. The van der Waals surface area contributed by atoms with Gasteiger partial charge in [-0.25, -0.2) is 0 Å². The van der Waals surface area contributed by atoms with Crippen molar-refractivity contribution in [3.05, 3.63) is 33.8 Å². The van der Waals surface area contributed by atoms with E-state index in [9.17, 15) is 14.7 Å². The first kappa shape index (κ1) is 15.6. The van der Waals surface area contributed by atoms with Crippen molar-refractivity contribution >= 4 is 35.1 Å². The Kier molecular flexibility index (Phi) is 4.05. The molecule has 1 aromatic carbocycles. The van der Waals surface area contributed by atoms with Crippen LogP contribution in [0.3, 0.4) is 0 Å². The molecule has 1 aromatic rings. The van der Waals surface area contributed by atoms with Crippen LogP contribution in [-0.4, -0.2) is 48.2 Å². The third-order valence-corrected chi connectivity index (χ3v) is 5.14. The SMILES string of the molecule is O=C(c1cc(Cl)ccc1Cl)N1C[C@H]2COCC[C@@]2(C(=O)O)C1. The molecule has 3 rings (SSSR count). The van der Waals surface area contributed by atoms with E-state index in [-0.39, 0.29) is 18.4 Å². The molecule has 0 saturated carbocycles. The van der Waals surface area contributed by atoms with E-state index in [4.69, 9.17) is 27.9 Å². The summed E-state index contributed by atoms with van der Waals surface area (Å²) in [5.41, 5.74) is -0.617. The van der Waals surface area contributed by atoms with Gasteiger partial charge in [-0.05, 0) is 24.6 Å². The molecule has 2 saturated heterocycles. The summed E-state index contributed by atoms with van der Waals surface area (Å²) in [6.07, 6.45) is 0.417. The van der Waals surface area contributed by atoms with Gasteiger partial charge in [0, 0.05) is 30.6 Å². The number of halogens is 2. The first-order chi connectivity index (χ1) is 10.4. The van der Waals surface area contributed by atoms with Crippen LogP contribution in [0.5, 0.6) is 0 Å². The number of hydrogen-bond acceptors (Lipinski definition) is 3. The molecule has 2 fully saturated rings. The van der Waals surface area contributed by atoms with Gasteiger partial charge in [-0.3, -0.25) is 9.59 Å². The maximum Gasteiger partial charge on any atom is 0.311 e. The van der Waals surface area contributed by atoms with Gasteiger partial charge in [0.2, 0.25) is 0 Å². The van der Waals surface area contributed by atoms with Crippen LogP contribution < -0.4 is 0 Å². The van der Waals surface area contributed by atoms with E-state index >= 15 is 0 Å². The number of carbonyl (C=O) groups is 2. The molecule has 0 unspecified atom stereocenters. The minimum Gasteiger partial charge on any atom is -0.481 e. The van der Waals surface area contributed by atoms with E-state index in [1.807, 2.05) is 0 Å². The van der Waals surface area contributed by atoms with Crippen molar-refractivity contribution in [3.63, 3.8) is 0 Å². The lowest BCUT2D eigenvalue weighted by Crippen LogP contribution is -2.45. The molecule has 2 aliphatic heterocycles. The summed E-state index contributed by atoms with van der Waals surface area (Å²) < 4.78 is 5.39. The number of nitrogens with zero attached hydrogens (tertiary/aromatic N) is 1. The number of aliphatic carboxylic acids is 1. The molecule has 0 radical (unpaired) electrons. The van der Waals surface area contributed by atoms with Crippen molar-refractivity contribution < 1.29 is 19.4 Å². The molecule has 7 heteroatoms. The zero-order valence-electron chi connectivity index (χ0n) is 11.7. The molecule has 1 amide bonds. The van der Waals surface area contributed by atoms with Crippen molar-refractivity contribution in [2.24, 2.45) is 11.3 Å². The van der Waals surface area contributed by atoms with Crippen LogP contribution in [0.2, 0.25) is 10.0 Å². The fourth-order valence-corrected chi connectivity index (χ4v) is 3.66. The smallest absolute Gasteiger partial charge is 0.311 e. The fourth-order valence-electron chi connectivity index (χ4n) is 3.29. The van der Waals surface area contributed by atoms with E-state index in [2.05, 4.69) is 0 Å². The molecule has 0 aliphatic carbocycles. The van der Waals surface area contributed by atoms with Crippen molar-refractivity contribution in [2.45, 2.75) is 6.42 Å². The second kappa shape index (κ2) is 5.72. The predicted octanol–water partition coefficient (Wildman–Crippen LogP) is 2.56. The lowest BCUT2D eigenvalue weighted by Gasteiger charge is -2.33. The Morgan fingerprint density at radius 2 is 2.14 bits per heavy atom.